The van der Waals surface area contributed by atoms with Crippen molar-refractivity contribution in [1.82, 2.24) is 10.2 Å². The molecule has 1 saturated heterocycles. The smallest absolute Gasteiger partial charge is 0.131 e. The van der Waals surface area contributed by atoms with Crippen LogP contribution >= 0.6 is 24.8 Å². The minimum atomic E-state index is -0.149. The Bertz CT molecular complexity index is 429. The first-order chi connectivity index (χ1) is 9.76. The highest BCUT2D eigenvalue weighted by atomic mass is 35.5. The zero-order chi connectivity index (χ0) is 14.4. The number of rotatable bonds is 6. The standard InChI is InChI=1S/C16H25FN2O.2ClH/c1-3-4-5-16(19-10-8-18-9-11-19)14-7-6-13(20-2)12-15(14)17;;/h6-7,12,16,18H,3-5,8-11H2,1-2H3;2*1H/t16-;;/m0../s1. The average Bonchev–Trinajstić information content (AvgIpc) is 2.50. The largest absolute Gasteiger partial charge is 0.497 e. The summed E-state index contributed by atoms with van der Waals surface area (Å²) in [4.78, 5) is 2.40. The van der Waals surface area contributed by atoms with Crippen molar-refractivity contribution in [3.05, 3.63) is 29.6 Å². The Balaban J connectivity index is 0.00000220. The molecule has 0 aromatic heterocycles. The second-order valence-electron chi connectivity index (χ2n) is 5.33. The normalized spacial score (nSPS) is 16.3. The van der Waals surface area contributed by atoms with E-state index < -0.39 is 0 Å². The predicted molar refractivity (Wildman–Crippen MR) is 94.2 cm³/mol. The van der Waals surface area contributed by atoms with E-state index in [0.717, 1.165) is 51.0 Å². The molecule has 2 rings (SSSR count). The summed E-state index contributed by atoms with van der Waals surface area (Å²) in [6.45, 7) is 6.12. The fraction of sp³-hybridized carbons (Fsp3) is 0.625. The van der Waals surface area contributed by atoms with E-state index in [0.29, 0.717) is 5.75 Å². The molecule has 0 amide bonds. The molecule has 0 unspecified atom stereocenters. The quantitative estimate of drug-likeness (QED) is 0.842. The van der Waals surface area contributed by atoms with E-state index in [1.54, 1.807) is 7.11 Å². The third-order valence-corrected chi connectivity index (χ3v) is 3.99. The van der Waals surface area contributed by atoms with Crippen LogP contribution in [0.15, 0.2) is 18.2 Å². The highest BCUT2D eigenvalue weighted by molar-refractivity contribution is 5.85. The summed E-state index contributed by atoms with van der Waals surface area (Å²) in [6, 6.07) is 5.43. The van der Waals surface area contributed by atoms with Gasteiger partial charge in [0.1, 0.15) is 11.6 Å². The van der Waals surface area contributed by atoms with Gasteiger partial charge in [-0.3, -0.25) is 4.90 Å². The molecule has 0 spiro atoms. The van der Waals surface area contributed by atoms with Gasteiger partial charge in [-0.25, -0.2) is 4.39 Å². The van der Waals surface area contributed by atoms with E-state index in [2.05, 4.69) is 17.1 Å². The third kappa shape index (κ3) is 5.58. The molecule has 1 aromatic carbocycles. The van der Waals surface area contributed by atoms with Crippen LogP contribution in [0.1, 0.15) is 37.8 Å². The number of benzene rings is 1. The van der Waals surface area contributed by atoms with Crippen LogP contribution in [0, 0.1) is 5.82 Å². The summed E-state index contributed by atoms with van der Waals surface area (Å²) in [5.41, 5.74) is 0.807. The average molecular weight is 353 g/mol. The summed E-state index contributed by atoms with van der Waals surface area (Å²) >= 11 is 0. The molecule has 0 bridgehead atoms. The number of piperazine rings is 1. The molecule has 1 fully saturated rings. The molecule has 1 aliphatic rings. The Labute approximate surface area is 145 Å². The van der Waals surface area contributed by atoms with Gasteiger partial charge in [-0.15, -0.1) is 24.8 Å². The summed E-state index contributed by atoms with van der Waals surface area (Å²) in [7, 11) is 1.57. The summed E-state index contributed by atoms with van der Waals surface area (Å²) < 4.78 is 19.4. The molecule has 0 saturated carbocycles. The lowest BCUT2D eigenvalue weighted by Crippen LogP contribution is -2.45. The van der Waals surface area contributed by atoms with Crippen molar-refractivity contribution >= 4 is 24.8 Å². The first kappa shape index (κ1) is 21.4. The van der Waals surface area contributed by atoms with Gasteiger partial charge < -0.3 is 10.1 Å². The molecule has 1 aromatic rings. The maximum absolute atomic E-state index is 14.3. The molecular formula is C16H27Cl2FN2O. The SMILES string of the molecule is CCCC[C@@H](c1ccc(OC)cc1F)N1CCNCC1.Cl.Cl. The number of nitrogens with one attached hydrogen (secondary N) is 1. The van der Waals surface area contributed by atoms with Crippen molar-refractivity contribution < 1.29 is 9.13 Å². The van der Waals surface area contributed by atoms with Gasteiger partial charge in [-0.05, 0) is 12.5 Å². The van der Waals surface area contributed by atoms with E-state index in [1.165, 1.54) is 6.07 Å². The molecule has 1 N–H and O–H groups in total. The number of unbranched alkanes of at least 4 members (excludes halogenated alkanes) is 1. The second-order valence-corrected chi connectivity index (χ2v) is 5.33. The van der Waals surface area contributed by atoms with Crippen LogP contribution in [-0.2, 0) is 0 Å². The highest BCUT2D eigenvalue weighted by Crippen LogP contribution is 2.30. The van der Waals surface area contributed by atoms with Crippen molar-refractivity contribution in [2.24, 2.45) is 0 Å². The lowest BCUT2D eigenvalue weighted by atomic mass is 9.98. The maximum Gasteiger partial charge on any atom is 0.131 e. The highest BCUT2D eigenvalue weighted by Gasteiger charge is 2.24. The lowest BCUT2D eigenvalue weighted by Gasteiger charge is -2.35. The molecule has 6 heteroatoms. The second kappa shape index (κ2) is 11.1. The maximum atomic E-state index is 14.3. The zero-order valence-corrected chi connectivity index (χ0v) is 14.9. The molecule has 22 heavy (non-hydrogen) atoms. The molecular weight excluding hydrogens is 326 g/mol. The van der Waals surface area contributed by atoms with Crippen LogP contribution in [0.5, 0.6) is 5.75 Å². The van der Waals surface area contributed by atoms with Crippen LogP contribution in [0.4, 0.5) is 4.39 Å². The number of nitrogens with zero attached hydrogens (tertiary/aromatic N) is 1. The van der Waals surface area contributed by atoms with Crippen LogP contribution in [-0.4, -0.2) is 38.2 Å². The molecule has 0 aliphatic carbocycles. The number of ether oxygens (including phenoxy) is 1. The van der Waals surface area contributed by atoms with Crippen LogP contribution in [0.25, 0.3) is 0 Å². The monoisotopic (exact) mass is 352 g/mol. The Morgan fingerprint density at radius 1 is 1.27 bits per heavy atom. The minimum Gasteiger partial charge on any atom is -0.497 e. The van der Waals surface area contributed by atoms with E-state index >= 15 is 0 Å². The van der Waals surface area contributed by atoms with Crippen LogP contribution in [0.2, 0.25) is 0 Å². The number of hydrogen-bond donors (Lipinski definition) is 1. The Morgan fingerprint density at radius 2 is 1.95 bits per heavy atom. The van der Waals surface area contributed by atoms with Crippen molar-refractivity contribution in [3.8, 4) is 5.75 Å². The first-order valence-electron chi connectivity index (χ1n) is 7.54. The summed E-state index contributed by atoms with van der Waals surface area (Å²) in [5, 5.41) is 3.35. The van der Waals surface area contributed by atoms with Crippen molar-refractivity contribution in [2.75, 3.05) is 33.3 Å². The number of hydrogen-bond acceptors (Lipinski definition) is 3. The molecule has 3 nitrogen and oxygen atoms in total. The predicted octanol–water partition coefficient (Wildman–Crippen LogP) is 3.81. The van der Waals surface area contributed by atoms with E-state index in [9.17, 15) is 4.39 Å². The number of halogens is 3. The third-order valence-electron chi connectivity index (χ3n) is 3.99. The van der Waals surface area contributed by atoms with Crippen LogP contribution in [0.3, 0.4) is 0 Å². The summed E-state index contributed by atoms with van der Waals surface area (Å²) in [5.74, 6) is 0.435. The van der Waals surface area contributed by atoms with Gasteiger partial charge in [0.25, 0.3) is 0 Å². The Hall–Kier alpha value is -0.550. The zero-order valence-electron chi connectivity index (χ0n) is 13.3. The molecule has 0 radical (unpaired) electrons. The van der Waals surface area contributed by atoms with Gasteiger partial charge in [0.15, 0.2) is 0 Å². The van der Waals surface area contributed by atoms with Crippen molar-refractivity contribution in [2.45, 2.75) is 32.2 Å². The first-order valence-corrected chi connectivity index (χ1v) is 7.54. The van der Waals surface area contributed by atoms with E-state index in [4.69, 9.17) is 4.74 Å². The van der Waals surface area contributed by atoms with Gasteiger partial charge in [0.2, 0.25) is 0 Å². The van der Waals surface area contributed by atoms with Gasteiger partial charge in [-0.1, -0.05) is 25.8 Å². The van der Waals surface area contributed by atoms with Crippen molar-refractivity contribution in [1.29, 1.82) is 0 Å². The van der Waals surface area contributed by atoms with Gasteiger partial charge >= 0.3 is 0 Å². The Kier molecular flexibility index (Phi) is 10.8. The number of methoxy groups -OCH3 is 1. The van der Waals surface area contributed by atoms with Crippen molar-refractivity contribution in [3.63, 3.8) is 0 Å². The summed E-state index contributed by atoms with van der Waals surface area (Å²) in [6.07, 6.45) is 3.28. The molecule has 1 aliphatic heterocycles. The van der Waals surface area contributed by atoms with E-state index in [-0.39, 0.29) is 36.7 Å². The minimum absolute atomic E-state index is 0. The Morgan fingerprint density at radius 3 is 2.50 bits per heavy atom. The van der Waals surface area contributed by atoms with Gasteiger partial charge in [0, 0.05) is 43.9 Å². The van der Waals surface area contributed by atoms with E-state index in [1.807, 2.05) is 12.1 Å². The lowest BCUT2D eigenvalue weighted by molar-refractivity contribution is 0.160. The molecule has 1 atom stereocenters. The fourth-order valence-electron chi connectivity index (χ4n) is 2.83. The molecule has 128 valence electrons. The fourth-order valence-corrected chi connectivity index (χ4v) is 2.83. The van der Waals surface area contributed by atoms with Gasteiger partial charge in [-0.2, -0.15) is 0 Å². The van der Waals surface area contributed by atoms with Crippen LogP contribution < -0.4 is 10.1 Å². The topological polar surface area (TPSA) is 24.5 Å². The molecule has 1 heterocycles. The van der Waals surface area contributed by atoms with Gasteiger partial charge in [0.05, 0.1) is 7.11 Å².